The van der Waals surface area contributed by atoms with Crippen molar-refractivity contribution < 1.29 is 9.53 Å². The van der Waals surface area contributed by atoms with Gasteiger partial charge in [0.25, 0.3) is 0 Å². The van der Waals surface area contributed by atoms with Gasteiger partial charge in [0.2, 0.25) is 0 Å². The van der Waals surface area contributed by atoms with Crippen LogP contribution in [0.25, 0.3) is 0 Å². The molecule has 1 aromatic rings. The Morgan fingerprint density at radius 1 is 1.25 bits per heavy atom. The third-order valence-electron chi connectivity index (χ3n) is 4.30. The number of ketones is 1. The summed E-state index contributed by atoms with van der Waals surface area (Å²) in [5, 5.41) is 3.51. The first-order chi connectivity index (χ1) is 9.61. The van der Waals surface area contributed by atoms with E-state index in [1.54, 1.807) is 7.11 Å². The first-order valence-corrected chi connectivity index (χ1v) is 7.50. The normalized spacial score (nSPS) is 22.4. The summed E-state index contributed by atoms with van der Waals surface area (Å²) >= 11 is 0. The van der Waals surface area contributed by atoms with Crippen LogP contribution in [-0.4, -0.2) is 25.0 Å². The molecule has 0 aliphatic heterocycles. The lowest BCUT2D eigenvalue weighted by Crippen LogP contribution is -2.44. The van der Waals surface area contributed by atoms with Crippen LogP contribution < -0.4 is 5.32 Å². The first kappa shape index (κ1) is 15.0. The predicted octanol–water partition coefficient (Wildman–Crippen LogP) is 3.57. The fraction of sp³-hybridized carbons (Fsp3) is 0.588. The minimum absolute atomic E-state index is 0.0170. The van der Waals surface area contributed by atoms with Crippen molar-refractivity contribution >= 4 is 11.5 Å². The Labute approximate surface area is 121 Å². The molecule has 0 bridgehead atoms. The Kier molecular flexibility index (Phi) is 5.18. The van der Waals surface area contributed by atoms with Gasteiger partial charge in [0.15, 0.2) is 0 Å². The van der Waals surface area contributed by atoms with Crippen LogP contribution in [0.1, 0.15) is 38.2 Å². The van der Waals surface area contributed by atoms with Crippen molar-refractivity contribution in [1.29, 1.82) is 0 Å². The van der Waals surface area contributed by atoms with Crippen molar-refractivity contribution in [3.8, 4) is 0 Å². The molecule has 3 heteroatoms. The average Bonchev–Trinajstić information content (AvgIpc) is 2.47. The molecule has 0 spiro atoms. The number of hydrogen-bond donors (Lipinski definition) is 1. The van der Waals surface area contributed by atoms with Gasteiger partial charge in [0, 0.05) is 25.1 Å². The van der Waals surface area contributed by atoms with E-state index in [-0.39, 0.29) is 18.1 Å². The number of rotatable bonds is 5. The maximum Gasteiger partial charge on any atom is 0.138 e. The molecular weight excluding hydrogens is 250 g/mol. The van der Waals surface area contributed by atoms with Gasteiger partial charge in [-0.3, -0.25) is 4.79 Å². The molecule has 0 amide bonds. The van der Waals surface area contributed by atoms with E-state index < -0.39 is 0 Å². The standard InChI is InChI=1S/C17H25NO2/c1-12-8-10-14(11-9-12)18-17(13(2)20-3)15-6-4-5-7-16(15)19/h8-11,13,15,17-18H,4-7H2,1-3H3/t13?,15-,17+/m0/s1. The van der Waals surface area contributed by atoms with Crippen LogP contribution in [0, 0.1) is 12.8 Å². The second-order valence-electron chi connectivity index (χ2n) is 5.80. The molecule has 1 N–H and O–H groups in total. The molecule has 1 fully saturated rings. The highest BCUT2D eigenvalue weighted by Gasteiger charge is 2.33. The molecule has 0 aromatic heterocycles. The quantitative estimate of drug-likeness (QED) is 0.892. The highest BCUT2D eigenvalue weighted by atomic mass is 16.5. The fourth-order valence-electron chi connectivity index (χ4n) is 2.92. The summed E-state index contributed by atoms with van der Waals surface area (Å²) in [6.07, 6.45) is 3.87. The molecular formula is C17H25NO2. The minimum atomic E-state index is 0.0170. The predicted molar refractivity (Wildman–Crippen MR) is 82.0 cm³/mol. The summed E-state index contributed by atoms with van der Waals surface area (Å²) in [5.74, 6) is 0.449. The zero-order valence-electron chi connectivity index (χ0n) is 12.7. The second-order valence-corrected chi connectivity index (χ2v) is 5.80. The summed E-state index contributed by atoms with van der Waals surface area (Å²) in [5.41, 5.74) is 2.29. The number of carbonyl (C=O) groups excluding carboxylic acids is 1. The third kappa shape index (κ3) is 3.60. The van der Waals surface area contributed by atoms with Gasteiger partial charge in [-0.05, 0) is 38.8 Å². The van der Waals surface area contributed by atoms with E-state index in [1.807, 2.05) is 6.92 Å². The zero-order chi connectivity index (χ0) is 14.5. The van der Waals surface area contributed by atoms with Gasteiger partial charge in [-0.15, -0.1) is 0 Å². The minimum Gasteiger partial charge on any atom is -0.380 e. The van der Waals surface area contributed by atoms with Gasteiger partial charge in [-0.2, -0.15) is 0 Å². The summed E-state index contributed by atoms with van der Waals surface area (Å²) in [6, 6.07) is 8.35. The lowest BCUT2D eigenvalue weighted by molar-refractivity contribution is -0.126. The maximum atomic E-state index is 12.2. The van der Waals surface area contributed by atoms with E-state index in [2.05, 4.69) is 36.5 Å². The molecule has 3 atom stereocenters. The highest BCUT2D eigenvalue weighted by molar-refractivity contribution is 5.83. The molecule has 3 nitrogen and oxygen atoms in total. The summed E-state index contributed by atoms with van der Waals surface area (Å²) in [6.45, 7) is 4.11. The number of methoxy groups -OCH3 is 1. The van der Waals surface area contributed by atoms with E-state index in [1.165, 1.54) is 5.56 Å². The first-order valence-electron chi connectivity index (χ1n) is 7.50. The number of carbonyl (C=O) groups is 1. The molecule has 1 aliphatic rings. The van der Waals surface area contributed by atoms with Crippen molar-refractivity contribution in [1.82, 2.24) is 0 Å². The molecule has 0 saturated heterocycles. The molecule has 1 aliphatic carbocycles. The Hall–Kier alpha value is -1.35. The topological polar surface area (TPSA) is 38.3 Å². The van der Waals surface area contributed by atoms with E-state index in [9.17, 15) is 4.79 Å². The lowest BCUT2D eigenvalue weighted by Gasteiger charge is -2.34. The second kappa shape index (κ2) is 6.89. The summed E-state index contributed by atoms with van der Waals surface area (Å²) in [7, 11) is 1.71. The molecule has 1 aromatic carbocycles. The molecule has 0 heterocycles. The average molecular weight is 275 g/mol. The fourth-order valence-corrected chi connectivity index (χ4v) is 2.92. The Balaban J connectivity index is 2.14. The van der Waals surface area contributed by atoms with Gasteiger partial charge < -0.3 is 10.1 Å². The molecule has 1 unspecified atom stereocenters. The zero-order valence-corrected chi connectivity index (χ0v) is 12.7. The third-order valence-corrected chi connectivity index (χ3v) is 4.30. The molecule has 1 saturated carbocycles. The van der Waals surface area contributed by atoms with Crippen LogP contribution in [-0.2, 0) is 9.53 Å². The van der Waals surface area contributed by atoms with Gasteiger partial charge in [-0.1, -0.05) is 24.1 Å². The molecule has 20 heavy (non-hydrogen) atoms. The van der Waals surface area contributed by atoms with Crippen LogP contribution in [0.15, 0.2) is 24.3 Å². The van der Waals surface area contributed by atoms with Crippen LogP contribution in [0.2, 0.25) is 0 Å². The Bertz CT molecular complexity index is 441. The van der Waals surface area contributed by atoms with E-state index >= 15 is 0 Å². The monoisotopic (exact) mass is 275 g/mol. The Morgan fingerprint density at radius 3 is 2.55 bits per heavy atom. The van der Waals surface area contributed by atoms with E-state index in [4.69, 9.17) is 4.74 Å². The van der Waals surface area contributed by atoms with Crippen LogP contribution >= 0.6 is 0 Å². The number of Topliss-reactive ketones (excluding diaryl/α,β-unsaturated/α-hetero) is 1. The number of hydrogen-bond acceptors (Lipinski definition) is 3. The lowest BCUT2D eigenvalue weighted by atomic mass is 9.81. The number of ether oxygens (including phenoxy) is 1. The van der Waals surface area contributed by atoms with Crippen LogP contribution in [0.5, 0.6) is 0 Å². The maximum absolute atomic E-state index is 12.2. The van der Waals surface area contributed by atoms with Crippen LogP contribution in [0.3, 0.4) is 0 Å². The van der Waals surface area contributed by atoms with Gasteiger partial charge in [-0.25, -0.2) is 0 Å². The number of benzene rings is 1. The highest BCUT2D eigenvalue weighted by Crippen LogP contribution is 2.28. The van der Waals surface area contributed by atoms with Crippen LogP contribution in [0.4, 0.5) is 5.69 Å². The van der Waals surface area contributed by atoms with Gasteiger partial charge >= 0.3 is 0 Å². The SMILES string of the molecule is COC(C)[C@@H](Nc1ccc(C)cc1)[C@H]1CCCCC1=O. The number of nitrogens with one attached hydrogen (secondary N) is 1. The molecule has 2 rings (SSSR count). The van der Waals surface area contributed by atoms with Crippen molar-refractivity contribution in [2.45, 2.75) is 51.7 Å². The largest absolute Gasteiger partial charge is 0.380 e. The van der Waals surface area contributed by atoms with E-state index in [0.717, 1.165) is 24.9 Å². The van der Waals surface area contributed by atoms with Crippen molar-refractivity contribution in [2.24, 2.45) is 5.92 Å². The van der Waals surface area contributed by atoms with Crippen molar-refractivity contribution in [3.63, 3.8) is 0 Å². The van der Waals surface area contributed by atoms with Crippen molar-refractivity contribution in [2.75, 3.05) is 12.4 Å². The molecule has 110 valence electrons. The smallest absolute Gasteiger partial charge is 0.138 e. The Morgan fingerprint density at radius 2 is 1.95 bits per heavy atom. The van der Waals surface area contributed by atoms with E-state index in [0.29, 0.717) is 12.2 Å². The number of anilines is 1. The number of aryl methyl sites for hydroxylation is 1. The molecule has 0 radical (unpaired) electrons. The van der Waals surface area contributed by atoms with Gasteiger partial charge in [0.05, 0.1) is 12.1 Å². The summed E-state index contributed by atoms with van der Waals surface area (Å²) < 4.78 is 5.50. The van der Waals surface area contributed by atoms with Crippen molar-refractivity contribution in [3.05, 3.63) is 29.8 Å². The van der Waals surface area contributed by atoms with Gasteiger partial charge in [0.1, 0.15) is 5.78 Å². The summed E-state index contributed by atoms with van der Waals surface area (Å²) in [4.78, 5) is 12.2.